The number of nitrogens with one attached hydrogen (secondary N) is 1. The van der Waals surface area contributed by atoms with E-state index in [0.717, 1.165) is 24.5 Å². The van der Waals surface area contributed by atoms with Crippen molar-refractivity contribution in [3.8, 4) is 5.75 Å². The van der Waals surface area contributed by atoms with Gasteiger partial charge in [0.15, 0.2) is 0 Å². The number of urea groups is 1. The first-order chi connectivity index (χ1) is 13.7. The molecule has 0 spiro atoms. The summed E-state index contributed by atoms with van der Waals surface area (Å²) in [6.07, 6.45) is 2.59. The van der Waals surface area contributed by atoms with Crippen molar-refractivity contribution in [3.05, 3.63) is 48.5 Å². The number of carbonyl (C=O) groups excluding carboxylic acids is 1. The standard InChI is InChI=1S/C22H28N4O2/c1-28-21-6-4-5-18(17-21)23-22(27)26-15-13-25(14-16-26)20-9-7-19(8-10-20)24-11-2-3-12-24/h4-10,17H,2-3,11-16H2,1H3,(H,23,27). The predicted molar refractivity (Wildman–Crippen MR) is 114 cm³/mol. The number of methoxy groups -OCH3 is 1. The second-order valence-corrected chi connectivity index (χ2v) is 7.35. The zero-order chi connectivity index (χ0) is 19.3. The minimum atomic E-state index is -0.0581. The van der Waals surface area contributed by atoms with Crippen molar-refractivity contribution in [2.45, 2.75) is 12.8 Å². The first kappa shape index (κ1) is 18.5. The Balaban J connectivity index is 1.30. The zero-order valence-corrected chi connectivity index (χ0v) is 16.4. The molecule has 0 aromatic heterocycles. The highest BCUT2D eigenvalue weighted by atomic mass is 16.5. The van der Waals surface area contributed by atoms with Crippen LogP contribution < -0.4 is 19.9 Å². The summed E-state index contributed by atoms with van der Waals surface area (Å²) < 4.78 is 5.21. The number of hydrogen-bond acceptors (Lipinski definition) is 4. The number of rotatable bonds is 4. The smallest absolute Gasteiger partial charge is 0.321 e. The van der Waals surface area contributed by atoms with E-state index in [1.54, 1.807) is 7.11 Å². The van der Waals surface area contributed by atoms with Crippen molar-refractivity contribution in [3.63, 3.8) is 0 Å². The Labute approximate surface area is 166 Å². The summed E-state index contributed by atoms with van der Waals surface area (Å²) in [6.45, 7) is 5.44. The maximum Gasteiger partial charge on any atom is 0.321 e. The van der Waals surface area contributed by atoms with Gasteiger partial charge in [-0.05, 0) is 49.2 Å². The second-order valence-electron chi connectivity index (χ2n) is 7.35. The number of piperazine rings is 1. The first-order valence-electron chi connectivity index (χ1n) is 10.0. The van der Waals surface area contributed by atoms with E-state index in [1.165, 1.54) is 37.3 Å². The molecule has 2 aliphatic heterocycles. The Bertz CT molecular complexity index is 794. The highest BCUT2D eigenvalue weighted by molar-refractivity contribution is 5.89. The lowest BCUT2D eigenvalue weighted by molar-refractivity contribution is 0.208. The second kappa shape index (κ2) is 8.42. The topological polar surface area (TPSA) is 48.1 Å². The van der Waals surface area contributed by atoms with Crippen LogP contribution in [0.5, 0.6) is 5.75 Å². The van der Waals surface area contributed by atoms with Crippen LogP contribution in [-0.2, 0) is 0 Å². The molecule has 148 valence electrons. The van der Waals surface area contributed by atoms with Gasteiger partial charge >= 0.3 is 6.03 Å². The van der Waals surface area contributed by atoms with Crippen molar-refractivity contribution in [1.82, 2.24) is 4.90 Å². The van der Waals surface area contributed by atoms with E-state index in [2.05, 4.69) is 39.4 Å². The van der Waals surface area contributed by atoms with E-state index in [9.17, 15) is 4.79 Å². The third-order valence-corrected chi connectivity index (χ3v) is 5.57. The van der Waals surface area contributed by atoms with Gasteiger partial charge in [-0.25, -0.2) is 4.79 Å². The van der Waals surface area contributed by atoms with Gasteiger partial charge in [-0.2, -0.15) is 0 Å². The minimum Gasteiger partial charge on any atom is -0.497 e. The van der Waals surface area contributed by atoms with Crippen LogP contribution in [0.4, 0.5) is 21.9 Å². The van der Waals surface area contributed by atoms with Crippen molar-refractivity contribution in [1.29, 1.82) is 0 Å². The monoisotopic (exact) mass is 380 g/mol. The lowest BCUT2D eigenvalue weighted by atomic mass is 10.2. The number of amides is 2. The van der Waals surface area contributed by atoms with Gasteiger partial charge in [-0.15, -0.1) is 0 Å². The molecule has 2 heterocycles. The van der Waals surface area contributed by atoms with Gasteiger partial charge in [-0.3, -0.25) is 0 Å². The molecular weight excluding hydrogens is 352 g/mol. The molecule has 6 nitrogen and oxygen atoms in total. The predicted octanol–water partition coefficient (Wildman–Crippen LogP) is 3.65. The largest absolute Gasteiger partial charge is 0.497 e. The number of hydrogen-bond donors (Lipinski definition) is 1. The Morgan fingerprint density at radius 1 is 0.857 bits per heavy atom. The molecule has 2 aromatic carbocycles. The van der Waals surface area contributed by atoms with Crippen LogP contribution in [0, 0.1) is 0 Å². The van der Waals surface area contributed by atoms with Crippen LogP contribution in [0.15, 0.2) is 48.5 Å². The van der Waals surface area contributed by atoms with Crippen molar-refractivity contribution < 1.29 is 9.53 Å². The number of anilines is 3. The SMILES string of the molecule is COc1cccc(NC(=O)N2CCN(c3ccc(N4CCCC4)cc3)CC2)c1. The van der Waals surface area contributed by atoms with Crippen LogP contribution in [0.25, 0.3) is 0 Å². The quantitative estimate of drug-likeness (QED) is 0.880. The molecule has 2 amide bonds. The van der Waals surface area contributed by atoms with E-state index in [4.69, 9.17) is 4.74 Å². The molecule has 0 aliphatic carbocycles. The first-order valence-corrected chi connectivity index (χ1v) is 10.0. The summed E-state index contributed by atoms with van der Waals surface area (Å²) in [7, 11) is 1.62. The van der Waals surface area contributed by atoms with Crippen LogP contribution in [0.2, 0.25) is 0 Å². The molecule has 2 saturated heterocycles. The van der Waals surface area contributed by atoms with E-state index >= 15 is 0 Å². The number of carbonyl (C=O) groups is 1. The van der Waals surface area contributed by atoms with E-state index < -0.39 is 0 Å². The lowest BCUT2D eigenvalue weighted by Crippen LogP contribution is -2.50. The Kier molecular flexibility index (Phi) is 5.55. The minimum absolute atomic E-state index is 0.0581. The zero-order valence-electron chi connectivity index (χ0n) is 16.4. The maximum atomic E-state index is 12.6. The molecule has 4 rings (SSSR count). The number of benzene rings is 2. The molecular formula is C22H28N4O2. The Morgan fingerprint density at radius 3 is 2.07 bits per heavy atom. The molecule has 2 fully saturated rings. The third kappa shape index (κ3) is 4.16. The van der Waals surface area contributed by atoms with Crippen LogP contribution in [0.1, 0.15) is 12.8 Å². The highest BCUT2D eigenvalue weighted by Crippen LogP contribution is 2.25. The van der Waals surface area contributed by atoms with Gasteiger partial charge in [0.1, 0.15) is 5.75 Å². The fraction of sp³-hybridized carbons (Fsp3) is 0.409. The van der Waals surface area contributed by atoms with Gasteiger partial charge < -0.3 is 24.8 Å². The molecule has 2 aromatic rings. The molecule has 2 aliphatic rings. The van der Waals surface area contributed by atoms with E-state index in [1.807, 2.05) is 29.2 Å². The van der Waals surface area contributed by atoms with Crippen molar-refractivity contribution in [2.75, 3.05) is 61.5 Å². The van der Waals surface area contributed by atoms with Gasteiger partial charge in [0.2, 0.25) is 0 Å². The van der Waals surface area contributed by atoms with Gasteiger partial charge in [0.25, 0.3) is 0 Å². The molecule has 0 bridgehead atoms. The molecule has 0 atom stereocenters. The van der Waals surface area contributed by atoms with E-state index in [-0.39, 0.29) is 6.03 Å². The fourth-order valence-electron chi connectivity index (χ4n) is 3.92. The van der Waals surface area contributed by atoms with Gasteiger partial charge in [-0.1, -0.05) is 6.07 Å². The van der Waals surface area contributed by atoms with Crippen LogP contribution >= 0.6 is 0 Å². The molecule has 28 heavy (non-hydrogen) atoms. The summed E-state index contributed by atoms with van der Waals surface area (Å²) in [5, 5.41) is 2.96. The summed E-state index contributed by atoms with van der Waals surface area (Å²) in [6, 6.07) is 16.2. The van der Waals surface area contributed by atoms with Crippen molar-refractivity contribution in [2.24, 2.45) is 0 Å². The van der Waals surface area contributed by atoms with Crippen molar-refractivity contribution >= 4 is 23.1 Å². The Morgan fingerprint density at radius 2 is 1.46 bits per heavy atom. The summed E-state index contributed by atoms with van der Waals surface area (Å²) in [4.78, 5) is 19.2. The fourth-order valence-corrected chi connectivity index (χ4v) is 3.92. The van der Waals surface area contributed by atoms with Crippen LogP contribution in [-0.4, -0.2) is 57.3 Å². The molecule has 0 radical (unpaired) electrons. The maximum absolute atomic E-state index is 12.6. The summed E-state index contributed by atoms with van der Waals surface area (Å²) in [5.74, 6) is 0.736. The average molecular weight is 380 g/mol. The third-order valence-electron chi connectivity index (χ3n) is 5.57. The number of ether oxygens (including phenoxy) is 1. The average Bonchev–Trinajstić information content (AvgIpc) is 3.29. The summed E-state index contributed by atoms with van der Waals surface area (Å²) >= 11 is 0. The van der Waals surface area contributed by atoms with Gasteiger partial charge in [0.05, 0.1) is 7.11 Å². The molecule has 1 N–H and O–H groups in total. The number of nitrogens with zero attached hydrogens (tertiary/aromatic N) is 3. The lowest BCUT2D eigenvalue weighted by Gasteiger charge is -2.36. The highest BCUT2D eigenvalue weighted by Gasteiger charge is 2.22. The summed E-state index contributed by atoms with van der Waals surface area (Å²) in [5.41, 5.74) is 3.30. The van der Waals surface area contributed by atoms with E-state index in [0.29, 0.717) is 13.1 Å². The molecule has 0 saturated carbocycles. The molecule has 6 heteroatoms. The van der Waals surface area contributed by atoms with Crippen LogP contribution in [0.3, 0.4) is 0 Å². The normalized spacial score (nSPS) is 17.0. The Hall–Kier alpha value is -2.89. The molecule has 0 unspecified atom stereocenters. The van der Waals surface area contributed by atoms with Gasteiger partial charge in [0, 0.05) is 62.4 Å².